The summed E-state index contributed by atoms with van der Waals surface area (Å²) in [4.78, 5) is 23.9. The van der Waals surface area contributed by atoms with Crippen molar-refractivity contribution in [3.05, 3.63) is 41.6 Å². The first-order chi connectivity index (χ1) is 10.6. The molecule has 0 aliphatic heterocycles. The molecule has 22 heavy (non-hydrogen) atoms. The smallest absolute Gasteiger partial charge is 0.343 e. The van der Waals surface area contributed by atoms with E-state index in [-0.39, 0.29) is 30.3 Å². The molecule has 0 amide bonds. The Balaban J connectivity index is 2.18. The third-order valence-corrected chi connectivity index (χ3v) is 3.03. The van der Waals surface area contributed by atoms with Gasteiger partial charge in [0.2, 0.25) is 0 Å². The molecule has 2 N–H and O–H groups in total. The summed E-state index contributed by atoms with van der Waals surface area (Å²) >= 11 is 0. The first-order valence-electron chi connectivity index (χ1n) is 6.73. The van der Waals surface area contributed by atoms with Gasteiger partial charge in [0.1, 0.15) is 17.1 Å². The van der Waals surface area contributed by atoms with Crippen LogP contribution in [0.15, 0.2) is 30.5 Å². The molecule has 0 saturated carbocycles. The topological polar surface area (TPSA) is 96.4 Å². The van der Waals surface area contributed by atoms with Gasteiger partial charge >= 0.3 is 5.97 Å². The second-order valence-corrected chi connectivity index (χ2v) is 4.50. The number of methoxy groups -OCH3 is 1. The number of esters is 1. The Hall–Kier alpha value is -2.83. The van der Waals surface area contributed by atoms with Gasteiger partial charge in [-0.2, -0.15) is 9.78 Å². The van der Waals surface area contributed by atoms with Crippen LogP contribution in [-0.4, -0.2) is 35.4 Å². The lowest BCUT2D eigenvalue weighted by atomic mass is 10.1. The van der Waals surface area contributed by atoms with Crippen LogP contribution in [0.2, 0.25) is 0 Å². The fourth-order valence-corrected chi connectivity index (χ4v) is 1.95. The maximum Gasteiger partial charge on any atom is 0.343 e. The highest BCUT2D eigenvalue weighted by molar-refractivity contribution is 5.96. The van der Waals surface area contributed by atoms with E-state index in [9.17, 15) is 9.59 Å². The zero-order valence-corrected chi connectivity index (χ0v) is 12.4. The molecule has 7 nitrogen and oxygen atoms in total. The summed E-state index contributed by atoms with van der Waals surface area (Å²) in [6.45, 7) is 1.91. The highest BCUT2D eigenvalue weighted by atomic mass is 16.5. The minimum absolute atomic E-state index is 0.0219. The largest absolute Gasteiger partial charge is 0.497 e. The van der Waals surface area contributed by atoms with Crippen LogP contribution in [0.3, 0.4) is 0 Å². The van der Waals surface area contributed by atoms with Crippen LogP contribution < -0.4 is 10.5 Å². The number of rotatable bonds is 5. The quantitative estimate of drug-likeness (QED) is 0.841. The molecule has 1 aromatic carbocycles. The Kier molecular flexibility index (Phi) is 4.77. The highest BCUT2D eigenvalue weighted by Gasteiger charge is 2.20. The van der Waals surface area contributed by atoms with Crippen molar-refractivity contribution in [3.8, 4) is 5.75 Å². The fraction of sp³-hybridized carbons (Fsp3) is 0.267. The summed E-state index contributed by atoms with van der Waals surface area (Å²) in [5.41, 5.74) is 6.64. The second kappa shape index (κ2) is 6.75. The van der Waals surface area contributed by atoms with Crippen molar-refractivity contribution in [2.75, 3.05) is 19.5 Å². The maximum atomic E-state index is 12.3. The van der Waals surface area contributed by atoms with Gasteiger partial charge in [-0.1, -0.05) is 12.1 Å². The molecule has 0 unspecified atom stereocenters. The molecule has 2 aromatic rings. The van der Waals surface area contributed by atoms with Gasteiger partial charge in [-0.05, 0) is 24.6 Å². The van der Waals surface area contributed by atoms with Crippen LogP contribution >= 0.6 is 0 Å². The van der Waals surface area contributed by atoms with Crippen molar-refractivity contribution >= 4 is 17.7 Å². The molecule has 116 valence electrons. The monoisotopic (exact) mass is 303 g/mol. The van der Waals surface area contributed by atoms with E-state index >= 15 is 0 Å². The Morgan fingerprint density at radius 1 is 1.36 bits per heavy atom. The molecule has 1 heterocycles. The number of ether oxygens (including phenoxy) is 2. The van der Waals surface area contributed by atoms with Crippen LogP contribution in [0.25, 0.3) is 0 Å². The van der Waals surface area contributed by atoms with Crippen molar-refractivity contribution in [1.29, 1.82) is 0 Å². The van der Waals surface area contributed by atoms with Gasteiger partial charge in [0.15, 0.2) is 0 Å². The van der Waals surface area contributed by atoms with Gasteiger partial charge in [0.25, 0.3) is 5.91 Å². The first kappa shape index (κ1) is 15.6. The average molecular weight is 303 g/mol. The molecule has 0 atom stereocenters. The number of aromatic nitrogens is 2. The molecule has 0 saturated heterocycles. The predicted octanol–water partition coefficient (Wildman–Crippen LogP) is 1.53. The number of hydrogen-bond acceptors (Lipinski definition) is 6. The lowest BCUT2D eigenvalue weighted by Crippen LogP contribution is -2.18. The molecule has 0 bridgehead atoms. The molecule has 0 fully saturated rings. The van der Waals surface area contributed by atoms with E-state index < -0.39 is 5.97 Å². The Bertz CT molecular complexity index is 694. The van der Waals surface area contributed by atoms with Crippen molar-refractivity contribution in [3.63, 3.8) is 0 Å². The third kappa shape index (κ3) is 3.25. The lowest BCUT2D eigenvalue weighted by molar-refractivity contribution is 0.0527. The summed E-state index contributed by atoms with van der Waals surface area (Å²) in [5.74, 6) is -0.306. The number of nitrogen functional groups attached to an aromatic ring is 1. The third-order valence-electron chi connectivity index (χ3n) is 3.03. The van der Waals surface area contributed by atoms with Gasteiger partial charge in [0.05, 0.1) is 26.3 Å². The molecule has 0 radical (unpaired) electrons. The molecule has 1 aromatic heterocycles. The minimum Gasteiger partial charge on any atom is -0.497 e. The van der Waals surface area contributed by atoms with E-state index in [1.54, 1.807) is 38.3 Å². The number of anilines is 1. The summed E-state index contributed by atoms with van der Waals surface area (Å²) in [6.07, 6.45) is 1.32. The number of carbonyl (C=O) groups is 2. The predicted molar refractivity (Wildman–Crippen MR) is 79.9 cm³/mol. The number of hydrogen-bond donors (Lipinski definition) is 1. The number of nitrogens with two attached hydrogens (primary N) is 1. The van der Waals surface area contributed by atoms with Crippen molar-refractivity contribution in [2.45, 2.75) is 13.3 Å². The van der Waals surface area contributed by atoms with Crippen LogP contribution in [0.5, 0.6) is 5.75 Å². The normalized spacial score (nSPS) is 10.3. The minimum atomic E-state index is -0.597. The second-order valence-electron chi connectivity index (χ2n) is 4.50. The fourth-order valence-electron chi connectivity index (χ4n) is 1.95. The summed E-state index contributed by atoms with van der Waals surface area (Å²) < 4.78 is 11.0. The van der Waals surface area contributed by atoms with E-state index in [1.165, 1.54) is 6.20 Å². The first-order valence-corrected chi connectivity index (χ1v) is 6.73. The molecule has 2 rings (SSSR count). The maximum absolute atomic E-state index is 12.3. The molecule has 7 heteroatoms. The van der Waals surface area contributed by atoms with E-state index in [0.29, 0.717) is 5.75 Å². The van der Waals surface area contributed by atoms with Crippen LogP contribution in [0.4, 0.5) is 5.82 Å². The average Bonchev–Trinajstić information content (AvgIpc) is 2.89. The van der Waals surface area contributed by atoms with E-state index in [2.05, 4.69) is 5.10 Å². The molecular formula is C15H17N3O4. The highest BCUT2D eigenvalue weighted by Crippen LogP contribution is 2.16. The Morgan fingerprint density at radius 3 is 2.82 bits per heavy atom. The van der Waals surface area contributed by atoms with Gasteiger partial charge < -0.3 is 15.2 Å². The summed E-state index contributed by atoms with van der Waals surface area (Å²) in [7, 11) is 1.55. The van der Waals surface area contributed by atoms with Crippen molar-refractivity contribution in [2.24, 2.45) is 0 Å². The number of nitrogens with zero attached hydrogens (tertiary/aromatic N) is 2. The summed E-state index contributed by atoms with van der Waals surface area (Å²) in [6, 6.07) is 7.13. The van der Waals surface area contributed by atoms with Crippen molar-refractivity contribution in [1.82, 2.24) is 9.78 Å². The van der Waals surface area contributed by atoms with Crippen LogP contribution in [0.1, 0.15) is 27.6 Å². The Labute approximate surface area is 127 Å². The SMILES string of the molecule is CCOC(=O)c1cnn(C(=O)Cc2cccc(OC)c2)c1N. The van der Waals surface area contributed by atoms with Gasteiger partial charge in [-0.15, -0.1) is 0 Å². The van der Waals surface area contributed by atoms with Crippen LogP contribution in [0, 0.1) is 0 Å². The molecule has 0 aliphatic carbocycles. The standard InChI is InChI=1S/C15H17N3O4/c1-3-22-15(20)12-9-17-18(14(12)16)13(19)8-10-5-4-6-11(7-10)21-2/h4-7,9H,3,8,16H2,1-2H3. The number of benzene rings is 1. The van der Waals surface area contributed by atoms with Gasteiger partial charge in [0, 0.05) is 0 Å². The Morgan fingerprint density at radius 2 is 2.14 bits per heavy atom. The zero-order valence-electron chi connectivity index (χ0n) is 12.4. The lowest BCUT2D eigenvalue weighted by Gasteiger charge is -2.06. The van der Waals surface area contributed by atoms with Gasteiger partial charge in [-0.3, -0.25) is 4.79 Å². The van der Waals surface area contributed by atoms with E-state index in [4.69, 9.17) is 15.2 Å². The van der Waals surface area contributed by atoms with Crippen molar-refractivity contribution < 1.29 is 19.1 Å². The summed E-state index contributed by atoms with van der Waals surface area (Å²) in [5, 5.41) is 3.87. The van der Waals surface area contributed by atoms with Crippen LogP contribution in [-0.2, 0) is 11.2 Å². The van der Waals surface area contributed by atoms with Gasteiger partial charge in [-0.25, -0.2) is 4.79 Å². The zero-order chi connectivity index (χ0) is 16.1. The molecular weight excluding hydrogens is 286 g/mol. The van der Waals surface area contributed by atoms with E-state index in [1.807, 2.05) is 0 Å². The van der Waals surface area contributed by atoms with E-state index in [0.717, 1.165) is 10.2 Å². The molecule has 0 aliphatic rings. The molecule has 0 spiro atoms. The number of carbonyl (C=O) groups excluding carboxylic acids is 2.